The highest BCUT2D eigenvalue weighted by Crippen LogP contribution is 2.34. The number of carbonyl (C=O) groups is 1. The van der Waals surface area contributed by atoms with Crippen LogP contribution in [0.25, 0.3) is 0 Å². The van der Waals surface area contributed by atoms with Crippen LogP contribution in [0.4, 0.5) is 5.69 Å². The second-order valence-electron chi connectivity index (χ2n) is 5.45. The zero-order valence-corrected chi connectivity index (χ0v) is 12.5. The van der Waals surface area contributed by atoms with E-state index in [1.807, 2.05) is 24.3 Å². The van der Waals surface area contributed by atoms with Crippen molar-refractivity contribution in [3.8, 4) is 5.75 Å². The van der Waals surface area contributed by atoms with Crippen molar-refractivity contribution in [2.75, 3.05) is 11.4 Å². The monoisotopic (exact) mass is 297 g/mol. The van der Waals surface area contributed by atoms with Gasteiger partial charge in [0, 0.05) is 6.54 Å². The van der Waals surface area contributed by atoms with Gasteiger partial charge in [-0.15, -0.1) is 0 Å². The molecule has 0 unspecified atom stereocenters. The number of nitrogens with zero attached hydrogens (tertiary/aromatic N) is 1. The molecule has 5 heteroatoms. The molecule has 1 aliphatic rings. The first kappa shape index (κ1) is 14.4. The van der Waals surface area contributed by atoms with Crippen molar-refractivity contribution in [3.05, 3.63) is 59.7 Å². The number of hydrogen-bond donors (Lipinski definition) is 2. The smallest absolute Gasteiger partial charge is 0.276 e. The Labute approximate surface area is 129 Å². The normalized spacial score (nSPS) is 16.6. The number of benzene rings is 2. The first-order valence-corrected chi connectivity index (χ1v) is 7.24. The van der Waals surface area contributed by atoms with Crippen molar-refractivity contribution in [2.24, 2.45) is 5.84 Å². The Kier molecular flexibility index (Phi) is 3.98. The molecule has 0 aliphatic carbocycles. The summed E-state index contributed by atoms with van der Waals surface area (Å²) < 4.78 is 5.74. The van der Waals surface area contributed by atoms with E-state index >= 15 is 0 Å². The Bertz CT molecular complexity index is 670. The summed E-state index contributed by atoms with van der Waals surface area (Å²) >= 11 is 0. The summed E-state index contributed by atoms with van der Waals surface area (Å²) in [6, 6.07) is 16.1. The fourth-order valence-corrected chi connectivity index (χ4v) is 2.60. The average molecular weight is 297 g/mol. The van der Waals surface area contributed by atoms with Gasteiger partial charge in [0.2, 0.25) is 0 Å². The first-order chi connectivity index (χ1) is 10.7. The van der Waals surface area contributed by atoms with E-state index in [4.69, 9.17) is 10.6 Å². The Hall–Kier alpha value is -2.53. The number of para-hydroxylation sites is 2. The van der Waals surface area contributed by atoms with Gasteiger partial charge in [0.05, 0.1) is 12.2 Å². The highest BCUT2D eigenvalue weighted by atomic mass is 16.5. The van der Waals surface area contributed by atoms with Gasteiger partial charge in [-0.3, -0.25) is 10.2 Å². The van der Waals surface area contributed by atoms with Crippen molar-refractivity contribution in [1.29, 1.82) is 0 Å². The number of nitrogens with one attached hydrogen (secondary N) is 1. The molecule has 2 aromatic rings. The minimum atomic E-state index is -0.606. The molecule has 0 saturated heterocycles. The van der Waals surface area contributed by atoms with Crippen LogP contribution in [-0.4, -0.2) is 18.6 Å². The molecule has 1 heterocycles. The predicted octanol–water partition coefficient (Wildman–Crippen LogP) is 1.75. The van der Waals surface area contributed by atoms with E-state index in [9.17, 15) is 4.79 Å². The summed E-state index contributed by atoms with van der Waals surface area (Å²) in [6.07, 6.45) is -0.606. The zero-order valence-electron chi connectivity index (χ0n) is 12.5. The molecule has 0 spiro atoms. The van der Waals surface area contributed by atoms with E-state index in [1.165, 1.54) is 11.1 Å². The Balaban J connectivity index is 1.88. The van der Waals surface area contributed by atoms with Gasteiger partial charge >= 0.3 is 0 Å². The third kappa shape index (κ3) is 2.89. The second-order valence-corrected chi connectivity index (χ2v) is 5.45. The standard InChI is InChI=1S/C17H19N3O2/c1-12-6-8-13(9-7-12)10-20-11-16(17(21)19-18)22-15-5-3-2-4-14(15)20/h2-9,16H,10-11,18H2,1H3,(H,19,21)/t16-/m0/s1. The number of ether oxygens (including phenoxy) is 1. The van der Waals surface area contributed by atoms with Crippen molar-refractivity contribution in [3.63, 3.8) is 0 Å². The van der Waals surface area contributed by atoms with Crippen LogP contribution >= 0.6 is 0 Å². The maximum absolute atomic E-state index is 11.8. The molecule has 1 aliphatic heterocycles. The summed E-state index contributed by atoms with van der Waals surface area (Å²) in [5, 5.41) is 0. The van der Waals surface area contributed by atoms with Gasteiger partial charge in [-0.05, 0) is 24.6 Å². The van der Waals surface area contributed by atoms with Crippen LogP contribution in [0.3, 0.4) is 0 Å². The molecule has 22 heavy (non-hydrogen) atoms. The number of hydrogen-bond acceptors (Lipinski definition) is 4. The Morgan fingerprint density at radius 2 is 2.00 bits per heavy atom. The van der Waals surface area contributed by atoms with Crippen LogP contribution < -0.4 is 20.9 Å². The van der Waals surface area contributed by atoms with Crippen LogP contribution in [0.15, 0.2) is 48.5 Å². The molecule has 114 valence electrons. The summed E-state index contributed by atoms with van der Waals surface area (Å²) in [5.41, 5.74) is 5.57. The Morgan fingerprint density at radius 3 is 2.73 bits per heavy atom. The average Bonchev–Trinajstić information content (AvgIpc) is 2.56. The topological polar surface area (TPSA) is 67.6 Å². The number of hydrazine groups is 1. The molecule has 2 aromatic carbocycles. The minimum absolute atomic E-state index is 0.316. The number of carbonyl (C=O) groups excluding carboxylic acids is 1. The van der Waals surface area contributed by atoms with Gasteiger partial charge in [-0.2, -0.15) is 0 Å². The summed E-state index contributed by atoms with van der Waals surface area (Å²) in [7, 11) is 0. The van der Waals surface area contributed by atoms with Crippen LogP contribution in [-0.2, 0) is 11.3 Å². The molecule has 3 N–H and O–H groups in total. The molecule has 5 nitrogen and oxygen atoms in total. The number of fused-ring (bicyclic) bond motifs is 1. The first-order valence-electron chi connectivity index (χ1n) is 7.24. The number of rotatable bonds is 3. The lowest BCUT2D eigenvalue weighted by Crippen LogP contribution is -2.50. The maximum Gasteiger partial charge on any atom is 0.276 e. The largest absolute Gasteiger partial charge is 0.476 e. The molecule has 3 rings (SSSR count). The fraction of sp³-hybridized carbons (Fsp3) is 0.235. The highest BCUT2D eigenvalue weighted by molar-refractivity contribution is 5.82. The summed E-state index contributed by atoms with van der Waals surface area (Å²) in [4.78, 5) is 14.0. The van der Waals surface area contributed by atoms with E-state index in [-0.39, 0.29) is 5.91 Å². The van der Waals surface area contributed by atoms with Gasteiger partial charge < -0.3 is 9.64 Å². The molecule has 0 aromatic heterocycles. The third-order valence-corrected chi connectivity index (χ3v) is 3.79. The van der Waals surface area contributed by atoms with Crippen molar-refractivity contribution >= 4 is 11.6 Å². The van der Waals surface area contributed by atoms with E-state index < -0.39 is 6.10 Å². The number of anilines is 1. The van der Waals surface area contributed by atoms with Crippen molar-refractivity contribution in [1.82, 2.24) is 5.43 Å². The van der Waals surface area contributed by atoms with E-state index in [0.29, 0.717) is 12.3 Å². The molecular weight excluding hydrogens is 278 g/mol. The lowest BCUT2D eigenvalue weighted by Gasteiger charge is -2.35. The molecule has 0 bridgehead atoms. The van der Waals surface area contributed by atoms with Gasteiger partial charge in [-0.1, -0.05) is 42.0 Å². The maximum atomic E-state index is 11.8. The predicted molar refractivity (Wildman–Crippen MR) is 85.4 cm³/mol. The van der Waals surface area contributed by atoms with Gasteiger partial charge in [0.1, 0.15) is 5.75 Å². The van der Waals surface area contributed by atoms with Gasteiger partial charge in [-0.25, -0.2) is 5.84 Å². The van der Waals surface area contributed by atoms with Gasteiger partial charge in [0.25, 0.3) is 5.91 Å². The van der Waals surface area contributed by atoms with Crippen LogP contribution in [0.1, 0.15) is 11.1 Å². The number of amides is 1. The molecule has 0 radical (unpaired) electrons. The van der Waals surface area contributed by atoms with Crippen molar-refractivity contribution in [2.45, 2.75) is 19.6 Å². The molecular formula is C17H19N3O2. The third-order valence-electron chi connectivity index (χ3n) is 3.79. The second kappa shape index (κ2) is 6.07. The lowest BCUT2D eigenvalue weighted by atomic mass is 10.1. The minimum Gasteiger partial charge on any atom is -0.476 e. The Morgan fingerprint density at radius 1 is 1.27 bits per heavy atom. The van der Waals surface area contributed by atoms with E-state index in [1.54, 1.807) is 0 Å². The summed E-state index contributed by atoms with van der Waals surface area (Å²) in [6.45, 7) is 3.25. The van der Waals surface area contributed by atoms with E-state index in [2.05, 4.69) is 41.5 Å². The van der Waals surface area contributed by atoms with Crippen molar-refractivity contribution < 1.29 is 9.53 Å². The quantitative estimate of drug-likeness (QED) is 0.514. The van der Waals surface area contributed by atoms with Crippen LogP contribution in [0.2, 0.25) is 0 Å². The SMILES string of the molecule is Cc1ccc(CN2C[C@@H](C(=O)NN)Oc3ccccc32)cc1. The molecule has 1 amide bonds. The number of nitrogens with two attached hydrogens (primary N) is 1. The fourth-order valence-electron chi connectivity index (χ4n) is 2.60. The zero-order chi connectivity index (χ0) is 15.5. The van der Waals surface area contributed by atoms with Crippen LogP contribution in [0.5, 0.6) is 5.75 Å². The molecule has 1 atom stereocenters. The lowest BCUT2D eigenvalue weighted by molar-refractivity contribution is -0.127. The number of aryl methyl sites for hydroxylation is 1. The molecule has 0 fully saturated rings. The highest BCUT2D eigenvalue weighted by Gasteiger charge is 2.30. The van der Waals surface area contributed by atoms with Gasteiger partial charge in [0.15, 0.2) is 6.10 Å². The summed E-state index contributed by atoms with van der Waals surface area (Å²) in [5.74, 6) is 5.63. The molecule has 0 saturated carbocycles. The van der Waals surface area contributed by atoms with Crippen LogP contribution in [0, 0.1) is 6.92 Å². The van der Waals surface area contributed by atoms with E-state index in [0.717, 1.165) is 12.2 Å².